The van der Waals surface area contributed by atoms with Crippen LogP contribution in [0.25, 0.3) is 0 Å². The summed E-state index contributed by atoms with van der Waals surface area (Å²) < 4.78 is 7.95. The van der Waals surface area contributed by atoms with E-state index in [0.29, 0.717) is 0 Å². The van der Waals surface area contributed by atoms with Crippen LogP contribution in [0.15, 0.2) is 47.7 Å². The zero-order valence-electron chi connectivity index (χ0n) is 16.5. The van der Waals surface area contributed by atoms with Crippen LogP contribution in [-0.2, 0) is 13.5 Å². The molecule has 27 heavy (non-hydrogen) atoms. The summed E-state index contributed by atoms with van der Waals surface area (Å²) in [4.78, 5) is 7.19. The van der Waals surface area contributed by atoms with Crippen molar-refractivity contribution in [1.29, 1.82) is 0 Å². The highest BCUT2D eigenvalue weighted by molar-refractivity contribution is 5.80. The summed E-state index contributed by atoms with van der Waals surface area (Å²) in [6.07, 6.45) is 8.40. The van der Waals surface area contributed by atoms with Gasteiger partial charge in [-0.1, -0.05) is 18.2 Å². The molecule has 0 bridgehead atoms. The molecule has 6 nitrogen and oxygen atoms in total. The monoisotopic (exact) mass is 369 g/mol. The molecular formula is C21H31N5O. The van der Waals surface area contributed by atoms with Crippen LogP contribution in [0.4, 0.5) is 0 Å². The highest BCUT2D eigenvalue weighted by atomic mass is 16.5. The highest BCUT2D eigenvalue weighted by Gasteiger charge is 2.22. The van der Waals surface area contributed by atoms with E-state index in [0.717, 1.165) is 63.6 Å². The maximum absolute atomic E-state index is 6.10. The maximum atomic E-state index is 6.10. The number of aliphatic imine (C=N–C) groups is 1. The van der Waals surface area contributed by atoms with Crippen LogP contribution in [0, 0.1) is 0 Å². The molecule has 3 rings (SSSR count). The second-order valence-electron chi connectivity index (χ2n) is 6.98. The topological polar surface area (TPSA) is 54.7 Å². The van der Waals surface area contributed by atoms with Gasteiger partial charge in [-0.15, -0.1) is 0 Å². The summed E-state index contributed by atoms with van der Waals surface area (Å²) in [7, 11) is 1.95. The van der Waals surface area contributed by atoms with Crippen molar-refractivity contribution in [1.82, 2.24) is 20.0 Å². The largest absolute Gasteiger partial charge is 0.490 e. The molecule has 0 unspecified atom stereocenters. The molecule has 0 saturated carbocycles. The second kappa shape index (κ2) is 10.00. The molecular weight excluding hydrogens is 338 g/mol. The summed E-state index contributed by atoms with van der Waals surface area (Å²) in [5, 5.41) is 7.66. The Morgan fingerprint density at radius 1 is 1.26 bits per heavy atom. The van der Waals surface area contributed by atoms with E-state index in [1.807, 2.05) is 48.3 Å². The molecule has 0 atom stereocenters. The molecule has 1 aromatic carbocycles. The fraction of sp³-hybridized carbons (Fsp3) is 0.524. The summed E-state index contributed by atoms with van der Waals surface area (Å²) in [5.41, 5.74) is 1.27. The van der Waals surface area contributed by atoms with Gasteiger partial charge in [0.15, 0.2) is 5.96 Å². The molecule has 1 fully saturated rings. The van der Waals surface area contributed by atoms with Gasteiger partial charge in [-0.25, -0.2) is 0 Å². The quantitative estimate of drug-likeness (QED) is 0.463. The van der Waals surface area contributed by atoms with Gasteiger partial charge >= 0.3 is 0 Å². The van der Waals surface area contributed by atoms with E-state index in [-0.39, 0.29) is 6.10 Å². The minimum Gasteiger partial charge on any atom is -0.490 e. The third-order valence-electron chi connectivity index (χ3n) is 4.77. The van der Waals surface area contributed by atoms with E-state index in [1.54, 1.807) is 0 Å². The number of hydrogen-bond donors (Lipinski definition) is 1. The predicted molar refractivity (Wildman–Crippen MR) is 109 cm³/mol. The van der Waals surface area contributed by atoms with Crippen molar-refractivity contribution in [3.8, 4) is 5.75 Å². The molecule has 6 heteroatoms. The van der Waals surface area contributed by atoms with Crippen LogP contribution in [0.1, 0.15) is 31.7 Å². The van der Waals surface area contributed by atoms with Gasteiger partial charge in [0.1, 0.15) is 11.9 Å². The maximum Gasteiger partial charge on any atom is 0.193 e. The number of ether oxygens (including phenoxy) is 1. The lowest BCUT2D eigenvalue weighted by Crippen LogP contribution is -2.47. The lowest BCUT2D eigenvalue weighted by molar-refractivity contribution is 0.129. The molecule has 2 heterocycles. The smallest absolute Gasteiger partial charge is 0.193 e. The first-order valence-electron chi connectivity index (χ1n) is 9.97. The molecule has 1 aromatic heterocycles. The first-order chi connectivity index (χ1) is 13.2. The molecule has 1 aliphatic rings. The minimum absolute atomic E-state index is 0.289. The van der Waals surface area contributed by atoms with Gasteiger partial charge in [0.05, 0.1) is 6.20 Å². The molecule has 2 aromatic rings. The van der Waals surface area contributed by atoms with Gasteiger partial charge in [-0.2, -0.15) is 5.10 Å². The van der Waals surface area contributed by atoms with Crippen LogP contribution in [0.5, 0.6) is 5.75 Å². The Kier molecular flexibility index (Phi) is 7.13. The van der Waals surface area contributed by atoms with Gasteiger partial charge in [0.2, 0.25) is 0 Å². The van der Waals surface area contributed by atoms with Gasteiger partial charge in [-0.3, -0.25) is 9.67 Å². The molecule has 0 amide bonds. The van der Waals surface area contributed by atoms with Crippen molar-refractivity contribution in [2.45, 2.75) is 38.7 Å². The van der Waals surface area contributed by atoms with Gasteiger partial charge in [0.25, 0.3) is 0 Å². The number of rotatable bonds is 7. The van der Waals surface area contributed by atoms with E-state index in [1.165, 1.54) is 5.56 Å². The highest BCUT2D eigenvalue weighted by Crippen LogP contribution is 2.18. The number of hydrogen-bond acceptors (Lipinski definition) is 3. The van der Waals surface area contributed by atoms with Crippen LogP contribution >= 0.6 is 0 Å². The van der Waals surface area contributed by atoms with Crippen LogP contribution < -0.4 is 10.1 Å². The molecule has 1 N–H and O–H groups in total. The van der Waals surface area contributed by atoms with E-state index in [9.17, 15) is 0 Å². The number of aromatic nitrogens is 2. The number of piperidine rings is 1. The molecule has 1 saturated heterocycles. The minimum atomic E-state index is 0.289. The van der Waals surface area contributed by atoms with Crippen molar-refractivity contribution >= 4 is 5.96 Å². The SMILES string of the molecule is CCNC(=NCCCc1cnn(C)c1)N1CCC(Oc2ccccc2)CC1. The Hall–Kier alpha value is -2.50. The number of nitrogens with one attached hydrogen (secondary N) is 1. The van der Waals surface area contributed by atoms with Crippen molar-refractivity contribution in [2.24, 2.45) is 12.0 Å². The van der Waals surface area contributed by atoms with Crippen LogP contribution in [0.2, 0.25) is 0 Å². The summed E-state index contributed by atoms with van der Waals surface area (Å²) in [6.45, 7) is 5.80. The normalized spacial score (nSPS) is 15.8. The Bertz CT molecular complexity index is 704. The molecule has 0 radical (unpaired) electrons. The van der Waals surface area contributed by atoms with Crippen molar-refractivity contribution in [3.05, 3.63) is 48.3 Å². The second-order valence-corrected chi connectivity index (χ2v) is 6.98. The van der Waals surface area contributed by atoms with E-state index < -0.39 is 0 Å². The average Bonchev–Trinajstić information content (AvgIpc) is 3.11. The summed E-state index contributed by atoms with van der Waals surface area (Å²) in [6, 6.07) is 10.1. The number of likely N-dealkylation sites (tertiary alicyclic amines) is 1. The standard InChI is InChI=1S/C21H31N5O/c1-3-22-21(23-13-7-8-18-16-24-25(2)17-18)26-14-11-20(12-15-26)27-19-9-5-4-6-10-19/h4-6,9-10,16-17,20H,3,7-8,11-15H2,1-2H3,(H,22,23). The third kappa shape index (κ3) is 6.01. The zero-order chi connectivity index (χ0) is 18.9. The number of para-hydroxylation sites is 1. The number of nitrogens with zero attached hydrogens (tertiary/aromatic N) is 4. The van der Waals surface area contributed by atoms with E-state index in [2.05, 4.69) is 28.4 Å². The Balaban J connectivity index is 1.45. The fourth-order valence-corrected chi connectivity index (χ4v) is 3.37. The summed E-state index contributed by atoms with van der Waals surface area (Å²) >= 11 is 0. The van der Waals surface area contributed by atoms with Crippen LogP contribution in [-0.4, -0.2) is 52.9 Å². The Morgan fingerprint density at radius 2 is 2.04 bits per heavy atom. The molecule has 146 valence electrons. The third-order valence-corrected chi connectivity index (χ3v) is 4.77. The fourth-order valence-electron chi connectivity index (χ4n) is 3.37. The summed E-state index contributed by atoms with van der Waals surface area (Å²) in [5.74, 6) is 1.99. The van der Waals surface area contributed by atoms with E-state index in [4.69, 9.17) is 9.73 Å². The number of guanidine groups is 1. The number of benzene rings is 1. The molecule has 0 spiro atoms. The Labute approximate surface area is 162 Å². The van der Waals surface area contributed by atoms with Crippen molar-refractivity contribution in [3.63, 3.8) is 0 Å². The zero-order valence-corrected chi connectivity index (χ0v) is 16.5. The van der Waals surface area contributed by atoms with Crippen molar-refractivity contribution in [2.75, 3.05) is 26.2 Å². The average molecular weight is 370 g/mol. The van der Waals surface area contributed by atoms with Gasteiger partial charge in [-0.05, 0) is 37.5 Å². The lowest BCUT2D eigenvalue weighted by atomic mass is 10.1. The first kappa shape index (κ1) is 19.3. The van der Waals surface area contributed by atoms with Gasteiger partial charge < -0.3 is 15.0 Å². The van der Waals surface area contributed by atoms with Gasteiger partial charge in [0, 0.05) is 52.3 Å². The number of aryl methyl sites for hydroxylation is 2. The van der Waals surface area contributed by atoms with Crippen molar-refractivity contribution < 1.29 is 4.74 Å². The van der Waals surface area contributed by atoms with E-state index >= 15 is 0 Å². The molecule has 1 aliphatic heterocycles. The van der Waals surface area contributed by atoms with Crippen LogP contribution in [0.3, 0.4) is 0 Å². The predicted octanol–water partition coefficient (Wildman–Crippen LogP) is 2.86. The first-order valence-corrected chi connectivity index (χ1v) is 9.97. The Morgan fingerprint density at radius 3 is 2.70 bits per heavy atom. The molecule has 0 aliphatic carbocycles. The lowest BCUT2D eigenvalue weighted by Gasteiger charge is -2.34.